The van der Waals surface area contributed by atoms with Crippen LogP contribution in [0.4, 0.5) is 11.5 Å². The van der Waals surface area contributed by atoms with E-state index < -0.39 is 0 Å². The summed E-state index contributed by atoms with van der Waals surface area (Å²) >= 11 is 0. The minimum atomic E-state index is -0.0594. The summed E-state index contributed by atoms with van der Waals surface area (Å²) < 4.78 is 5.37. The van der Waals surface area contributed by atoms with Crippen LogP contribution >= 0.6 is 0 Å². The van der Waals surface area contributed by atoms with Crippen molar-refractivity contribution < 1.29 is 14.3 Å². The first-order chi connectivity index (χ1) is 15.0. The number of nitrogens with one attached hydrogen (secondary N) is 1. The summed E-state index contributed by atoms with van der Waals surface area (Å²) in [4.78, 5) is 34.1. The summed E-state index contributed by atoms with van der Waals surface area (Å²) in [6, 6.07) is 9.44. The van der Waals surface area contributed by atoms with Gasteiger partial charge in [-0.2, -0.15) is 0 Å². The maximum absolute atomic E-state index is 12.8. The van der Waals surface area contributed by atoms with E-state index in [4.69, 9.17) is 4.74 Å². The summed E-state index contributed by atoms with van der Waals surface area (Å²) in [5.74, 6) is 1.53. The number of hydrogen-bond donors (Lipinski definition) is 1. The molecule has 1 N–H and O–H groups in total. The normalized spacial score (nSPS) is 17.0. The van der Waals surface area contributed by atoms with Gasteiger partial charge in [0.2, 0.25) is 5.91 Å². The quantitative estimate of drug-likeness (QED) is 0.798. The van der Waals surface area contributed by atoms with E-state index >= 15 is 0 Å². The van der Waals surface area contributed by atoms with Crippen molar-refractivity contribution in [2.45, 2.75) is 32.6 Å². The van der Waals surface area contributed by atoms with E-state index in [1.807, 2.05) is 36.1 Å². The van der Waals surface area contributed by atoms with Crippen molar-refractivity contribution in [1.29, 1.82) is 0 Å². The van der Waals surface area contributed by atoms with Crippen LogP contribution < -0.4 is 15.0 Å². The van der Waals surface area contributed by atoms with Gasteiger partial charge >= 0.3 is 0 Å². The minimum Gasteiger partial charge on any atom is -0.495 e. The van der Waals surface area contributed by atoms with Gasteiger partial charge in [-0.05, 0) is 62.4 Å². The van der Waals surface area contributed by atoms with Gasteiger partial charge in [-0.3, -0.25) is 9.59 Å². The number of likely N-dealkylation sites (tertiary alicyclic amines) is 1. The van der Waals surface area contributed by atoms with Gasteiger partial charge < -0.3 is 19.9 Å². The summed E-state index contributed by atoms with van der Waals surface area (Å²) in [7, 11) is 1.61. The number of methoxy groups -OCH3 is 1. The van der Waals surface area contributed by atoms with Crippen LogP contribution in [0.25, 0.3) is 0 Å². The topological polar surface area (TPSA) is 74.8 Å². The molecule has 0 saturated carbocycles. The number of rotatable bonds is 5. The molecule has 2 fully saturated rings. The Labute approximate surface area is 183 Å². The Kier molecular flexibility index (Phi) is 6.39. The number of hydrogen-bond acceptors (Lipinski definition) is 5. The van der Waals surface area contributed by atoms with Crippen LogP contribution in [-0.2, 0) is 4.79 Å². The number of ether oxygens (including phenoxy) is 1. The van der Waals surface area contributed by atoms with E-state index in [2.05, 4.69) is 15.2 Å². The fourth-order valence-electron chi connectivity index (χ4n) is 4.35. The van der Waals surface area contributed by atoms with Gasteiger partial charge in [-0.25, -0.2) is 4.98 Å². The highest BCUT2D eigenvalue weighted by molar-refractivity contribution is 5.95. The molecule has 1 aromatic heterocycles. The molecule has 0 unspecified atom stereocenters. The zero-order valence-corrected chi connectivity index (χ0v) is 18.3. The molecular weight excluding hydrogens is 392 g/mol. The Balaban J connectivity index is 1.36. The monoisotopic (exact) mass is 422 g/mol. The van der Waals surface area contributed by atoms with E-state index in [1.165, 1.54) is 0 Å². The molecule has 4 rings (SSSR count). The minimum absolute atomic E-state index is 0.0227. The average Bonchev–Trinajstić information content (AvgIpc) is 3.34. The number of aromatic nitrogens is 1. The fraction of sp³-hybridized carbons (Fsp3) is 0.458. The number of aryl methyl sites for hydroxylation is 1. The SMILES string of the molecule is COc1ccc(C)cc1NC(=O)C1CCN(c2cc(C(=O)N3CCCC3)ccn2)CC1. The molecule has 7 heteroatoms. The Morgan fingerprint density at radius 3 is 2.52 bits per heavy atom. The van der Waals surface area contributed by atoms with Crippen LogP contribution in [0.2, 0.25) is 0 Å². The van der Waals surface area contributed by atoms with Gasteiger partial charge in [0.1, 0.15) is 11.6 Å². The molecule has 2 aliphatic rings. The molecular formula is C24H30N4O3. The van der Waals surface area contributed by atoms with Gasteiger partial charge in [0.15, 0.2) is 0 Å². The van der Waals surface area contributed by atoms with Crippen LogP contribution in [0.1, 0.15) is 41.6 Å². The molecule has 7 nitrogen and oxygen atoms in total. The number of benzene rings is 1. The summed E-state index contributed by atoms with van der Waals surface area (Å²) in [6.07, 6.45) is 5.35. The molecule has 31 heavy (non-hydrogen) atoms. The highest BCUT2D eigenvalue weighted by Crippen LogP contribution is 2.28. The largest absolute Gasteiger partial charge is 0.495 e. The molecule has 0 spiro atoms. The first-order valence-electron chi connectivity index (χ1n) is 11.0. The Hall–Kier alpha value is -3.09. The van der Waals surface area contributed by atoms with Crippen LogP contribution in [0, 0.1) is 12.8 Å². The number of carbonyl (C=O) groups excluding carboxylic acids is 2. The van der Waals surface area contributed by atoms with Crippen molar-refractivity contribution in [2.75, 3.05) is 43.5 Å². The summed E-state index contributed by atoms with van der Waals surface area (Å²) in [5, 5.41) is 3.03. The molecule has 0 atom stereocenters. The van der Waals surface area contributed by atoms with E-state index in [0.29, 0.717) is 17.0 Å². The highest BCUT2D eigenvalue weighted by atomic mass is 16.5. The van der Waals surface area contributed by atoms with E-state index in [9.17, 15) is 9.59 Å². The zero-order valence-electron chi connectivity index (χ0n) is 18.3. The maximum Gasteiger partial charge on any atom is 0.254 e. The average molecular weight is 423 g/mol. The molecule has 1 aromatic carbocycles. The van der Waals surface area contributed by atoms with Crippen LogP contribution in [0.3, 0.4) is 0 Å². The van der Waals surface area contributed by atoms with Crippen molar-refractivity contribution >= 4 is 23.3 Å². The second-order valence-electron chi connectivity index (χ2n) is 8.36. The Bertz CT molecular complexity index is 948. The molecule has 2 aliphatic heterocycles. The van der Waals surface area contributed by atoms with Crippen molar-refractivity contribution in [1.82, 2.24) is 9.88 Å². The lowest BCUT2D eigenvalue weighted by Crippen LogP contribution is -2.38. The first-order valence-corrected chi connectivity index (χ1v) is 11.0. The molecule has 0 bridgehead atoms. The third-order valence-electron chi connectivity index (χ3n) is 6.19. The second-order valence-corrected chi connectivity index (χ2v) is 8.36. The highest BCUT2D eigenvalue weighted by Gasteiger charge is 2.27. The van der Waals surface area contributed by atoms with Crippen molar-refractivity contribution in [3.8, 4) is 5.75 Å². The predicted molar refractivity (Wildman–Crippen MR) is 121 cm³/mol. The van der Waals surface area contributed by atoms with Crippen LogP contribution in [0.5, 0.6) is 5.75 Å². The van der Waals surface area contributed by atoms with E-state index in [-0.39, 0.29) is 17.7 Å². The van der Waals surface area contributed by atoms with Gasteiger partial charge in [0.25, 0.3) is 5.91 Å². The van der Waals surface area contributed by atoms with E-state index in [1.54, 1.807) is 19.4 Å². The summed E-state index contributed by atoms with van der Waals surface area (Å²) in [5.41, 5.74) is 2.48. The van der Waals surface area contributed by atoms with Gasteiger partial charge in [0, 0.05) is 43.9 Å². The number of carbonyl (C=O) groups is 2. The first kappa shape index (κ1) is 21.2. The van der Waals surface area contributed by atoms with Gasteiger partial charge in [0.05, 0.1) is 12.8 Å². The Morgan fingerprint density at radius 1 is 1.06 bits per heavy atom. The number of nitrogens with zero attached hydrogens (tertiary/aromatic N) is 3. The molecule has 0 aliphatic carbocycles. The molecule has 3 heterocycles. The number of piperidine rings is 1. The predicted octanol–water partition coefficient (Wildman–Crippen LogP) is 3.49. The third kappa shape index (κ3) is 4.81. The second kappa shape index (κ2) is 9.37. The molecule has 2 aromatic rings. The lowest BCUT2D eigenvalue weighted by atomic mass is 9.95. The summed E-state index contributed by atoms with van der Waals surface area (Å²) in [6.45, 7) is 5.13. The van der Waals surface area contributed by atoms with Crippen molar-refractivity contribution in [2.24, 2.45) is 5.92 Å². The number of pyridine rings is 1. The number of amides is 2. The fourth-order valence-corrected chi connectivity index (χ4v) is 4.35. The Morgan fingerprint density at radius 2 is 1.81 bits per heavy atom. The van der Waals surface area contributed by atoms with E-state index in [0.717, 1.165) is 63.2 Å². The smallest absolute Gasteiger partial charge is 0.254 e. The molecule has 164 valence electrons. The lowest BCUT2D eigenvalue weighted by molar-refractivity contribution is -0.120. The lowest BCUT2D eigenvalue weighted by Gasteiger charge is -2.32. The van der Waals surface area contributed by atoms with Crippen molar-refractivity contribution in [3.05, 3.63) is 47.7 Å². The van der Waals surface area contributed by atoms with Gasteiger partial charge in [-0.1, -0.05) is 6.07 Å². The molecule has 2 amide bonds. The standard InChI is InChI=1S/C24H30N4O3/c1-17-5-6-21(31-2)20(15-17)26-23(29)18-8-13-27(14-9-18)22-16-19(7-10-25-22)24(30)28-11-3-4-12-28/h5-7,10,15-16,18H,3-4,8-9,11-14H2,1-2H3,(H,26,29). The number of anilines is 2. The van der Waals surface area contributed by atoms with Gasteiger partial charge in [-0.15, -0.1) is 0 Å². The van der Waals surface area contributed by atoms with Crippen LogP contribution in [0.15, 0.2) is 36.5 Å². The van der Waals surface area contributed by atoms with Crippen molar-refractivity contribution in [3.63, 3.8) is 0 Å². The third-order valence-corrected chi connectivity index (χ3v) is 6.19. The molecule has 2 saturated heterocycles. The zero-order chi connectivity index (χ0) is 21.8. The molecule has 0 radical (unpaired) electrons. The maximum atomic E-state index is 12.8. The van der Waals surface area contributed by atoms with Crippen LogP contribution in [-0.4, -0.2) is 55.0 Å².